The molecule has 0 saturated carbocycles. The van der Waals surface area contributed by atoms with Crippen LogP contribution in [0.4, 0.5) is 11.6 Å². The Morgan fingerprint density at radius 2 is 1.93 bits per heavy atom. The Morgan fingerprint density at radius 3 is 2.60 bits per heavy atom. The summed E-state index contributed by atoms with van der Waals surface area (Å²) in [7, 11) is 1.67. The molecule has 0 saturated heterocycles. The number of anilines is 2. The van der Waals surface area contributed by atoms with E-state index in [1.54, 1.807) is 13.1 Å². The molecule has 0 radical (unpaired) electrons. The van der Waals surface area contributed by atoms with Crippen molar-refractivity contribution in [3.8, 4) is 0 Å². The lowest BCUT2D eigenvalue weighted by atomic mass is 10.1. The Morgan fingerprint density at radius 1 is 1.20 bits per heavy atom. The molecule has 30 heavy (non-hydrogen) atoms. The molecule has 7 heteroatoms. The van der Waals surface area contributed by atoms with Crippen LogP contribution in [-0.2, 0) is 26.6 Å². The van der Waals surface area contributed by atoms with Crippen molar-refractivity contribution in [2.24, 2.45) is 13.0 Å². The van der Waals surface area contributed by atoms with Crippen molar-refractivity contribution in [3.63, 3.8) is 0 Å². The standard InChI is InChI=1S/C23H29N5O2/c1-5-7-8-17-9-11-18(12-10-17)27-14-16(3)15-28-19-20(24-22(27)28)25(4)23(30)26(13-6-2)21(19)29/h6,9-12,16H,2,5,7-8,13-15H2,1,3-4H3. The molecule has 158 valence electrons. The third-order valence-electron chi connectivity index (χ3n) is 5.82. The first-order chi connectivity index (χ1) is 14.5. The molecule has 1 aliphatic heterocycles. The zero-order valence-electron chi connectivity index (χ0n) is 18.0. The number of aryl methyl sites for hydroxylation is 2. The second-order valence-electron chi connectivity index (χ2n) is 8.23. The van der Waals surface area contributed by atoms with Crippen LogP contribution in [0.5, 0.6) is 0 Å². The van der Waals surface area contributed by atoms with Gasteiger partial charge in [0.05, 0.1) is 0 Å². The van der Waals surface area contributed by atoms with Crippen molar-refractivity contribution in [1.29, 1.82) is 0 Å². The third-order valence-corrected chi connectivity index (χ3v) is 5.82. The highest BCUT2D eigenvalue weighted by Gasteiger charge is 2.29. The highest BCUT2D eigenvalue weighted by atomic mass is 16.2. The lowest BCUT2D eigenvalue weighted by molar-refractivity contribution is 0.458. The second-order valence-corrected chi connectivity index (χ2v) is 8.23. The molecule has 4 rings (SSSR count). The van der Waals surface area contributed by atoms with Crippen LogP contribution < -0.4 is 16.1 Å². The first-order valence-corrected chi connectivity index (χ1v) is 10.6. The van der Waals surface area contributed by atoms with Crippen molar-refractivity contribution in [3.05, 3.63) is 63.3 Å². The molecular weight excluding hydrogens is 378 g/mol. The Kier molecular flexibility index (Phi) is 5.37. The Balaban J connectivity index is 1.86. The van der Waals surface area contributed by atoms with E-state index >= 15 is 0 Å². The predicted octanol–water partition coefficient (Wildman–Crippen LogP) is 3.21. The predicted molar refractivity (Wildman–Crippen MR) is 121 cm³/mol. The highest BCUT2D eigenvalue weighted by molar-refractivity contribution is 5.77. The number of unbranched alkanes of at least 4 members (excludes halogenated alkanes) is 1. The van der Waals surface area contributed by atoms with Gasteiger partial charge in [0.1, 0.15) is 0 Å². The van der Waals surface area contributed by atoms with Crippen molar-refractivity contribution in [2.75, 3.05) is 11.4 Å². The van der Waals surface area contributed by atoms with E-state index in [-0.39, 0.29) is 17.8 Å². The zero-order chi connectivity index (χ0) is 21.4. The fourth-order valence-electron chi connectivity index (χ4n) is 4.24. The van der Waals surface area contributed by atoms with Crippen LogP contribution in [0, 0.1) is 5.92 Å². The van der Waals surface area contributed by atoms with Gasteiger partial charge in [-0.25, -0.2) is 4.79 Å². The number of hydrogen-bond donors (Lipinski definition) is 0. The molecular formula is C23H29N5O2. The van der Waals surface area contributed by atoms with Gasteiger partial charge in [0.2, 0.25) is 5.95 Å². The van der Waals surface area contributed by atoms with Crippen LogP contribution in [0.1, 0.15) is 32.3 Å². The molecule has 2 aromatic heterocycles. The van der Waals surface area contributed by atoms with Gasteiger partial charge >= 0.3 is 5.69 Å². The minimum Gasteiger partial charge on any atom is -0.312 e. The van der Waals surface area contributed by atoms with Gasteiger partial charge in [0.15, 0.2) is 11.2 Å². The minimum atomic E-state index is -0.372. The number of rotatable bonds is 6. The van der Waals surface area contributed by atoms with Crippen molar-refractivity contribution in [2.45, 2.75) is 46.2 Å². The normalized spacial score (nSPS) is 16.1. The van der Waals surface area contributed by atoms with Crippen LogP contribution in [0.3, 0.4) is 0 Å². The molecule has 0 fully saturated rings. The first kappa shape index (κ1) is 20.2. The number of fused-ring (bicyclic) bond motifs is 3. The highest BCUT2D eigenvalue weighted by Crippen LogP contribution is 2.33. The van der Waals surface area contributed by atoms with Crippen LogP contribution in [0.25, 0.3) is 11.2 Å². The lowest BCUT2D eigenvalue weighted by Crippen LogP contribution is -2.40. The van der Waals surface area contributed by atoms with E-state index in [9.17, 15) is 9.59 Å². The summed E-state index contributed by atoms with van der Waals surface area (Å²) >= 11 is 0. The summed E-state index contributed by atoms with van der Waals surface area (Å²) in [6, 6.07) is 8.59. The van der Waals surface area contributed by atoms with Crippen molar-refractivity contribution < 1.29 is 0 Å². The number of hydrogen-bond acceptors (Lipinski definition) is 4. The van der Waals surface area contributed by atoms with Gasteiger partial charge < -0.3 is 9.47 Å². The maximum absolute atomic E-state index is 13.1. The Bertz CT molecular complexity index is 1200. The summed E-state index contributed by atoms with van der Waals surface area (Å²) in [5.74, 6) is 1.05. The number of aromatic nitrogens is 4. The largest absolute Gasteiger partial charge is 0.332 e. The van der Waals surface area contributed by atoms with E-state index in [0.717, 1.165) is 18.7 Å². The van der Waals surface area contributed by atoms with Crippen molar-refractivity contribution >= 4 is 22.8 Å². The fourth-order valence-corrected chi connectivity index (χ4v) is 4.24. The first-order valence-electron chi connectivity index (χ1n) is 10.6. The summed E-state index contributed by atoms with van der Waals surface area (Å²) in [4.78, 5) is 32.7. The van der Waals surface area contributed by atoms with Gasteiger partial charge in [-0.3, -0.25) is 13.9 Å². The fraction of sp³-hybridized carbons (Fsp3) is 0.435. The molecule has 3 aromatic rings. The molecule has 1 unspecified atom stereocenters. The molecule has 1 aromatic carbocycles. The number of benzene rings is 1. The topological polar surface area (TPSA) is 65.1 Å². The molecule has 0 aliphatic carbocycles. The van der Waals surface area contributed by atoms with Gasteiger partial charge in [-0.2, -0.15) is 4.98 Å². The van der Waals surface area contributed by atoms with Crippen LogP contribution in [0.15, 0.2) is 46.5 Å². The van der Waals surface area contributed by atoms with Crippen LogP contribution in [0.2, 0.25) is 0 Å². The summed E-state index contributed by atoms with van der Waals surface area (Å²) < 4.78 is 4.65. The summed E-state index contributed by atoms with van der Waals surface area (Å²) in [6.07, 6.45) is 5.01. The quantitative estimate of drug-likeness (QED) is 0.589. The second kappa shape index (κ2) is 7.97. The molecule has 0 amide bonds. The van der Waals surface area contributed by atoms with Gasteiger partial charge in [-0.05, 0) is 36.5 Å². The molecule has 1 atom stereocenters. The molecule has 0 N–H and O–H groups in total. The lowest BCUT2D eigenvalue weighted by Gasteiger charge is -2.33. The van der Waals surface area contributed by atoms with Gasteiger partial charge in [0, 0.05) is 32.4 Å². The Hall–Kier alpha value is -3.09. The van der Waals surface area contributed by atoms with Crippen LogP contribution >= 0.6 is 0 Å². The van der Waals surface area contributed by atoms with Crippen LogP contribution in [-0.4, -0.2) is 25.2 Å². The summed E-state index contributed by atoms with van der Waals surface area (Å²) in [6.45, 7) is 9.73. The smallest absolute Gasteiger partial charge is 0.312 e. The van der Waals surface area contributed by atoms with E-state index in [1.807, 2.05) is 4.57 Å². The average molecular weight is 408 g/mol. The van der Waals surface area contributed by atoms with E-state index in [2.05, 4.69) is 49.6 Å². The summed E-state index contributed by atoms with van der Waals surface area (Å²) in [5.41, 5.74) is 2.60. The van der Waals surface area contributed by atoms with E-state index in [0.29, 0.717) is 29.6 Å². The SMILES string of the molecule is C=CCn1c(=O)c2c(nc3n2CC(C)CN3c2ccc(CCCC)cc2)n(C)c1=O. The molecule has 0 spiro atoms. The molecule has 1 aliphatic rings. The maximum Gasteiger partial charge on any atom is 0.332 e. The molecule has 3 heterocycles. The molecule has 7 nitrogen and oxygen atoms in total. The Labute approximate surface area is 175 Å². The van der Waals surface area contributed by atoms with E-state index < -0.39 is 0 Å². The maximum atomic E-state index is 13.1. The number of nitrogens with zero attached hydrogens (tertiary/aromatic N) is 5. The minimum absolute atomic E-state index is 0.181. The number of allylic oxidation sites excluding steroid dienone is 1. The van der Waals surface area contributed by atoms with Crippen molar-refractivity contribution in [1.82, 2.24) is 18.7 Å². The molecule has 0 bridgehead atoms. The zero-order valence-corrected chi connectivity index (χ0v) is 18.0. The average Bonchev–Trinajstić information content (AvgIpc) is 3.13. The van der Waals surface area contributed by atoms with Gasteiger partial charge in [0.25, 0.3) is 5.56 Å². The van der Waals surface area contributed by atoms with E-state index in [4.69, 9.17) is 4.98 Å². The van der Waals surface area contributed by atoms with E-state index in [1.165, 1.54) is 27.5 Å². The van der Waals surface area contributed by atoms with Gasteiger partial charge in [-0.1, -0.05) is 38.5 Å². The summed E-state index contributed by atoms with van der Waals surface area (Å²) in [5, 5.41) is 0. The monoisotopic (exact) mass is 407 g/mol. The number of imidazole rings is 1. The van der Waals surface area contributed by atoms with Gasteiger partial charge in [-0.15, -0.1) is 6.58 Å². The third kappa shape index (κ3) is 3.28.